The Morgan fingerprint density at radius 3 is 2.94 bits per heavy atom. The van der Waals surface area contributed by atoms with E-state index in [1.54, 1.807) is 0 Å². The van der Waals surface area contributed by atoms with Crippen LogP contribution in [0.25, 0.3) is 11.3 Å². The van der Waals surface area contributed by atoms with Crippen LogP contribution in [0, 0.1) is 5.92 Å². The summed E-state index contributed by atoms with van der Waals surface area (Å²) in [4.78, 5) is 4.26. The van der Waals surface area contributed by atoms with Gasteiger partial charge in [-0.15, -0.1) is 0 Å². The quantitative estimate of drug-likeness (QED) is 0.832. The second-order valence-electron chi connectivity index (χ2n) is 5.72. The number of nitrogens with zero attached hydrogens (tertiary/aromatic N) is 2. The van der Waals surface area contributed by atoms with E-state index in [1.165, 1.54) is 16.8 Å². The van der Waals surface area contributed by atoms with Crippen LogP contribution in [0.3, 0.4) is 0 Å². The third kappa shape index (κ3) is 1.15. The van der Waals surface area contributed by atoms with Gasteiger partial charge in [-0.25, -0.2) is 4.98 Å². The van der Waals surface area contributed by atoms with E-state index in [2.05, 4.69) is 33.8 Å². The Hall–Kier alpha value is -1.61. The zero-order valence-electron chi connectivity index (χ0n) is 10.4. The molecule has 1 fully saturated rings. The fraction of sp³-hybridized carbons (Fsp3) is 0.400. The van der Waals surface area contributed by atoms with Gasteiger partial charge in [0, 0.05) is 11.5 Å². The third-order valence-electron chi connectivity index (χ3n) is 4.66. The molecule has 1 aromatic carbocycles. The summed E-state index contributed by atoms with van der Waals surface area (Å²) in [5.41, 5.74) is 3.24. The lowest BCUT2D eigenvalue weighted by molar-refractivity contribution is -0.0924. The topological polar surface area (TPSA) is 38.1 Å². The molecular formula is C15H16N2O. The van der Waals surface area contributed by atoms with Gasteiger partial charge in [0.05, 0.1) is 29.9 Å². The Morgan fingerprint density at radius 2 is 2.22 bits per heavy atom. The Bertz CT molecular complexity index is 614. The maximum absolute atomic E-state index is 10.4. The van der Waals surface area contributed by atoms with Crippen molar-refractivity contribution in [3.8, 4) is 11.3 Å². The van der Waals surface area contributed by atoms with E-state index in [4.69, 9.17) is 0 Å². The van der Waals surface area contributed by atoms with Crippen LogP contribution in [-0.4, -0.2) is 20.3 Å². The first-order chi connectivity index (χ1) is 8.68. The molecule has 0 spiro atoms. The lowest BCUT2D eigenvalue weighted by atomic mass is 9.65. The summed E-state index contributed by atoms with van der Waals surface area (Å²) in [6.45, 7) is 1.96. The van der Waals surface area contributed by atoms with Crippen molar-refractivity contribution in [1.82, 2.24) is 9.55 Å². The molecule has 0 radical (unpaired) electrons. The molecule has 1 aromatic heterocycles. The van der Waals surface area contributed by atoms with Crippen molar-refractivity contribution in [2.45, 2.75) is 31.4 Å². The summed E-state index contributed by atoms with van der Waals surface area (Å²) < 4.78 is 2.23. The summed E-state index contributed by atoms with van der Waals surface area (Å²) in [7, 11) is 0. The molecule has 2 heterocycles. The number of hydrogen-bond donors (Lipinski definition) is 1. The van der Waals surface area contributed by atoms with E-state index in [9.17, 15) is 5.11 Å². The highest BCUT2D eigenvalue weighted by molar-refractivity contribution is 5.69. The maximum atomic E-state index is 10.4. The molecule has 4 rings (SSSR count). The van der Waals surface area contributed by atoms with Gasteiger partial charge in [0.2, 0.25) is 0 Å². The number of imidazole rings is 1. The zero-order valence-corrected chi connectivity index (χ0v) is 10.4. The second-order valence-corrected chi connectivity index (χ2v) is 5.72. The highest BCUT2D eigenvalue weighted by Crippen LogP contribution is 2.52. The van der Waals surface area contributed by atoms with E-state index in [1.807, 2.05) is 19.4 Å². The first kappa shape index (κ1) is 10.3. The SMILES string of the molecule is C[C@]1(O)CCC1[C@@H]1c2ccccc2-c2cncn21. The minimum absolute atomic E-state index is 0.252. The van der Waals surface area contributed by atoms with E-state index >= 15 is 0 Å². The minimum atomic E-state index is -0.538. The van der Waals surface area contributed by atoms with E-state index < -0.39 is 5.60 Å². The lowest BCUT2D eigenvalue weighted by Crippen LogP contribution is -2.48. The molecule has 3 nitrogen and oxygen atoms in total. The van der Waals surface area contributed by atoms with Gasteiger partial charge >= 0.3 is 0 Å². The Kier molecular flexibility index (Phi) is 1.86. The molecule has 0 amide bonds. The fourth-order valence-electron chi connectivity index (χ4n) is 3.51. The summed E-state index contributed by atoms with van der Waals surface area (Å²) >= 11 is 0. The van der Waals surface area contributed by atoms with Crippen molar-refractivity contribution < 1.29 is 5.11 Å². The van der Waals surface area contributed by atoms with E-state index in [0.29, 0.717) is 5.92 Å². The van der Waals surface area contributed by atoms with Gasteiger partial charge in [0.25, 0.3) is 0 Å². The predicted molar refractivity (Wildman–Crippen MR) is 69.1 cm³/mol. The molecule has 0 bridgehead atoms. The summed E-state index contributed by atoms with van der Waals surface area (Å²) in [6, 6.07) is 8.73. The first-order valence-electron chi connectivity index (χ1n) is 6.52. The van der Waals surface area contributed by atoms with Crippen molar-refractivity contribution in [3.63, 3.8) is 0 Å². The van der Waals surface area contributed by atoms with Gasteiger partial charge in [-0.05, 0) is 25.3 Å². The van der Waals surface area contributed by atoms with Crippen LogP contribution in [0.4, 0.5) is 0 Å². The first-order valence-corrected chi connectivity index (χ1v) is 6.52. The second kappa shape index (κ2) is 3.23. The lowest BCUT2D eigenvalue weighted by Gasteiger charge is -2.46. The average Bonchev–Trinajstić information content (AvgIpc) is 2.92. The highest BCUT2D eigenvalue weighted by atomic mass is 16.3. The molecule has 3 heteroatoms. The van der Waals surface area contributed by atoms with Gasteiger partial charge in [-0.3, -0.25) is 0 Å². The monoisotopic (exact) mass is 240 g/mol. The standard InChI is InChI=1S/C15H16N2O/c1-15(18)7-6-12(15)14-11-5-3-2-4-10(11)13-8-16-9-17(13)14/h2-5,8-9,12,14,18H,6-7H2,1H3/t12?,14-,15-/m0/s1. The molecule has 1 saturated carbocycles. The van der Waals surface area contributed by atoms with Gasteiger partial charge < -0.3 is 9.67 Å². The van der Waals surface area contributed by atoms with Gasteiger partial charge in [-0.1, -0.05) is 24.3 Å². The number of fused-ring (bicyclic) bond motifs is 3. The van der Waals surface area contributed by atoms with Crippen molar-refractivity contribution in [2.75, 3.05) is 0 Å². The van der Waals surface area contributed by atoms with Gasteiger partial charge in [0.15, 0.2) is 0 Å². The molecule has 1 aliphatic heterocycles. The normalized spacial score (nSPS) is 32.8. The maximum Gasteiger partial charge on any atom is 0.0956 e. The number of aromatic nitrogens is 2. The highest BCUT2D eigenvalue weighted by Gasteiger charge is 2.49. The molecule has 18 heavy (non-hydrogen) atoms. The minimum Gasteiger partial charge on any atom is -0.390 e. The van der Waals surface area contributed by atoms with Crippen molar-refractivity contribution in [2.24, 2.45) is 5.92 Å². The zero-order chi connectivity index (χ0) is 12.3. The van der Waals surface area contributed by atoms with Gasteiger partial charge in [0.1, 0.15) is 0 Å². The van der Waals surface area contributed by atoms with Crippen LogP contribution in [0.1, 0.15) is 31.4 Å². The van der Waals surface area contributed by atoms with Crippen molar-refractivity contribution >= 4 is 0 Å². The van der Waals surface area contributed by atoms with Crippen LogP contribution in [-0.2, 0) is 0 Å². The fourth-order valence-corrected chi connectivity index (χ4v) is 3.51. The Labute approximate surface area is 106 Å². The molecule has 2 aromatic rings. The third-order valence-corrected chi connectivity index (χ3v) is 4.66. The van der Waals surface area contributed by atoms with E-state index in [-0.39, 0.29) is 6.04 Å². The number of benzene rings is 1. The number of rotatable bonds is 1. The Balaban J connectivity index is 1.90. The molecular weight excluding hydrogens is 224 g/mol. The van der Waals surface area contributed by atoms with Crippen LogP contribution < -0.4 is 0 Å². The largest absolute Gasteiger partial charge is 0.390 e. The number of hydrogen-bond acceptors (Lipinski definition) is 2. The molecule has 2 aliphatic rings. The summed E-state index contributed by atoms with van der Waals surface area (Å²) in [6.07, 6.45) is 5.81. The van der Waals surface area contributed by atoms with Gasteiger partial charge in [-0.2, -0.15) is 0 Å². The van der Waals surface area contributed by atoms with Crippen LogP contribution in [0.5, 0.6) is 0 Å². The van der Waals surface area contributed by atoms with Crippen molar-refractivity contribution in [1.29, 1.82) is 0 Å². The molecule has 1 aliphatic carbocycles. The molecule has 92 valence electrons. The van der Waals surface area contributed by atoms with Crippen LogP contribution >= 0.6 is 0 Å². The van der Waals surface area contributed by atoms with Crippen LogP contribution in [0.2, 0.25) is 0 Å². The number of aliphatic hydroxyl groups is 1. The Morgan fingerprint density at radius 1 is 1.39 bits per heavy atom. The summed E-state index contributed by atoms with van der Waals surface area (Å²) in [5, 5.41) is 10.4. The molecule has 0 saturated heterocycles. The molecule has 1 N–H and O–H groups in total. The molecule has 1 unspecified atom stereocenters. The van der Waals surface area contributed by atoms with Crippen LogP contribution in [0.15, 0.2) is 36.8 Å². The smallest absolute Gasteiger partial charge is 0.0956 e. The summed E-state index contributed by atoms with van der Waals surface area (Å²) in [5.74, 6) is 0.300. The predicted octanol–water partition coefficient (Wildman–Crippen LogP) is 2.61. The molecule has 3 atom stereocenters. The van der Waals surface area contributed by atoms with E-state index in [0.717, 1.165) is 12.8 Å². The van der Waals surface area contributed by atoms with Crippen molar-refractivity contribution in [3.05, 3.63) is 42.4 Å². The average molecular weight is 240 g/mol.